The standard InChI is InChI=1S/C26H31N7O2/c1-32(25(34)35-15-18-5-3-2-4-6-18)16-26-12-19(13-26)14-33(17-26)24-27-10-9-22(29-24)28-23-11-21(30-31-23)20-7-8-20/h2-6,9-11,19-20H,7-8,12-17H2,1H3,(H2,27,28,29,30,31). The number of H-pyrrole nitrogens is 1. The molecule has 4 fully saturated rings. The summed E-state index contributed by atoms with van der Waals surface area (Å²) in [5, 5.41) is 10.8. The monoisotopic (exact) mass is 473 g/mol. The summed E-state index contributed by atoms with van der Waals surface area (Å²) < 4.78 is 5.53. The molecule has 0 unspecified atom stereocenters. The number of fused-ring (bicyclic) bond motifs is 2. The van der Waals surface area contributed by atoms with Crippen LogP contribution in [0.15, 0.2) is 48.7 Å². The van der Waals surface area contributed by atoms with Gasteiger partial charge in [-0.1, -0.05) is 30.3 Å². The van der Waals surface area contributed by atoms with Crippen molar-refractivity contribution in [2.45, 2.75) is 38.2 Å². The summed E-state index contributed by atoms with van der Waals surface area (Å²) in [6.07, 6.45) is 6.22. The van der Waals surface area contributed by atoms with Crippen LogP contribution in [0.25, 0.3) is 0 Å². The molecule has 35 heavy (non-hydrogen) atoms. The molecule has 0 atom stereocenters. The van der Waals surface area contributed by atoms with E-state index in [-0.39, 0.29) is 18.1 Å². The highest BCUT2D eigenvalue weighted by atomic mass is 16.6. The molecule has 3 aromatic rings. The summed E-state index contributed by atoms with van der Waals surface area (Å²) in [4.78, 5) is 25.9. The normalized spacial score (nSPS) is 22.9. The SMILES string of the molecule is CN(CC12CC(CN(c3nccc(Nc4cc(C5CC5)[nH]n4)n3)C1)C2)C(=O)OCc1ccccc1. The number of hydrogen-bond acceptors (Lipinski definition) is 7. The summed E-state index contributed by atoms with van der Waals surface area (Å²) >= 11 is 0. The van der Waals surface area contributed by atoms with E-state index in [0.717, 1.165) is 49.1 Å². The number of piperidine rings is 2. The van der Waals surface area contributed by atoms with Crippen molar-refractivity contribution in [1.82, 2.24) is 25.1 Å². The van der Waals surface area contributed by atoms with E-state index < -0.39 is 0 Å². The highest BCUT2D eigenvalue weighted by Gasteiger charge is 2.51. The number of carbonyl (C=O) groups excluding carboxylic acids is 1. The average molecular weight is 474 g/mol. The number of ether oxygens (including phenoxy) is 1. The first-order valence-electron chi connectivity index (χ1n) is 12.4. The molecule has 2 saturated carbocycles. The van der Waals surface area contributed by atoms with E-state index in [9.17, 15) is 4.79 Å². The number of hydrogen-bond donors (Lipinski definition) is 2. The molecule has 2 saturated heterocycles. The Hall–Kier alpha value is -3.62. The van der Waals surface area contributed by atoms with Gasteiger partial charge in [-0.3, -0.25) is 5.10 Å². The summed E-state index contributed by atoms with van der Waals surface area (Å²) in [5.74, 6) is 3.47. The lowest BCUT2D eigenvalue weighted by atomic mass is 9.58. The maximum Gasteiger partial charge on any atom is 0.409 e. The number of benzene rings is 1. The van der Waals surface area contributed by atoms with Crippen molar-refractivity contribution in [2.75, 3.05) is 36.9 Å². The van der Waals surface area contributed by atoms with Gasteiger partial charge in [0.05, 0.1) is 0 Å². The van der Waals surface area contributed by atoms with Gasteiger partial charge in [0.25, 0.3) is 0 Å². The summed E-state index contributed by atoms with van der Waals surface area (Å²) in [6, 6.07) is 13.7. The van der Waals surface area contributed by atoms with Gasteiger partial charge in [-0.05, 0) is 43.2 Å². The lowest BCUT2D eigenvalue weighted by Crippen LogP contribution is -2.61. The zero-order valence-electron chi connectivity index (χ0n) is 20.0. The van der Waals surface area contributed by atoms with Crippen molar-refractivity contribution in [1.29, 1.82) is 0 Å². The number of aromatic amines is 1. The van der Waals surface area contributed by atoms with Crippen LogP contribution in [0.1, 0.15) is 42.9 Å². The van der Waals surface area contributed by atoms with E-state index >= 15 is 0 Å². The maximum atomic E-state index is 12.6. The van der Waals surface area contributed by atoms with E-state index in [0.29, 0.717) is 18.4 Å². The van der Waals surface area contributed by atoms with Crippen LogP contribution in [0.4, 0.5) is 22.4 Å². The van der Waals surface area contributed by atoms with Gasteiger partial charge in [0.15, 0.2) is 5.82 Å². The number of anilines is 3. The lowest BCUT2D eigenvalue weighted by Gasteiger charge is -2.57. The first kappa shape index (κ1) is 21.9. The molecule has 2 aromatic heterocycles. The molecule has 7 rings (SSSR count). The van der Waals surface area contributed by atoms with E-state index in [2.05, 4.69) is 31.5 Å². The Morgan fingerprint density at radius 3 is 2.86 bits per heavy atom. The minimum atomic E-state index is -0.282. The number of carbonyl (C=O) groups is 1. The van der Waals surface area contributed by atoms with Crippen molar-refractivity contribution in [2.24, 2.45) is 11.3 Å². The van der Waals surface area contributed by atoms with Crippen LogP contribution < -0.4 is 10.2 Å². The largest absolute Gasteiger partial charge is 0.445 e. The molecule has 9 nitrogen and oxygen atoms in total. The van der Waals surface area contributed by atoms with E-state index in [4.69, 9.17) is 9.72 Å². The predicted octanol–water partition coefficient (Wildman–Crippen LogP) is 4.31. The van der Waals surface area contributed by atoms with Crippen molar-refractivity contribution in [3.05, 3.63) is 59.9 Å². The molecule has 0 radical (unpaired) electrons. The van der Waals surface area contributed by atoms with Crippen molar-refractivity contribution >= 4 is 23.7 Å². The molecule has 4 aliphatic rings. The molecule has 1 aromatic carbocycles. The van der Waals surface area contributed by atoms with Crippen LogP contribution in [0.5, 0.6) is 0 Å². The van der Waals surface area contributed by atoms with Crippen LogP contribution >= 0.6 is 0 Å². The van der Waals surface area contributed by atoms with Crippen molar-refractivity contribution < 1.29 is 9.53 Å². The fourth-order valence-electron chi connectivity index (χ4n) is 5.64. The zero-order chi connectivity index (χ0) is 23.8. The highest BCUT2D eigenvalue weighted by molar-refractivity contribution is 5.67. The van der Waals surface area contributed by atoms with Gasteiger partial charge in [0, 0.05) is 56.0 Å². The third kappa shape index (κ3) is 4.80. The first-order valence-corrected chi connectivity index (χ1v) is 12.4. The molecule has 2 aliphatic carbocycles. The summed E-state index contributed by atoms with van der Waals surface area (Å²) in [7, 11) is 1.83. The number of aromatic nitrogens is 4. The molecular weight excluding hydrogens is 442 g/mol. The van der Waals surface area contributed by atoms with Crippen molar-refractivity contribution in [3.63, 3.8) is 0 Å². The number of amides is 1. The van der Waals surface area contributed by atoms with Crippen molar-refractivity contribution in [3.8, 4) is 0 Å². The Morgan fingerprint density at radius 2 is 2.06 bits per heavy atom. The lowest BCUT2D eigenvalue weighted by molar-refractivity contribution is -0.000465. The maximum absolute atomic E-state index is 12.6. The topological polar surface area (TPSA) is 99.3 Å². The quantitative estimate of drug-likeness (QED) is 0.503. The molecular formula is C26H31N7O2. The van der Waals surface area contributed by atoms with Crippen LogP contribution in [0.2, 0.25) is 0 Å². The Morgan fingerprint density at radius 1 is 1.23 bits per heavy atom. The molecule has 0 spiro atoms. The van der Waals surface area contributed by atoms with Gasteiger partial charge in [-0.2, -0.15) is 10.1 Å². The number of nitrogens with zero attached hydrogens (tertiary/aromatic N) is 5. The summed E-state index contributed by atoms with van der Waals surface area (Å²) in [5.41, 5.74) is 2.23. The van der Waals surface area contributed by atoms with Gasteiger partial charge < -0.3 is 19.9 Å². The second kappa shape index (κ2) is 8.87. The third-order valence-corrected chi connectivity index (χ3v) is 7.33. The highest BCUT2D eigenvalue weighted by Crippen LogP contribution is 2.51. The molecule has 2 aliphatic heterocycles. The van der Waals surface area contributed by atoms with Crippen LogP contribution in [0, 0.1) is 11.3 Å². The van der Waals surface area contributed by atoms with Gasteiger partial charge in [-0.25, -0.2) is 9.78 Å². The van der Waals surface area contributed by atoms with E-state index in [1.54, 1.807) is 11.1 Å². The Balaban J connectivity index is 1.07. The number of rotatable bonds is 8. The minimum Gasteiger partial charge on any atom is -0.445 e. The molecule has 2 bridgehead atoms. The molecule has 182 valence electrons. The molecule has 1 amide bonds. The Kier molecular flexibility index (Phi) is 5.54. The smallest absolute Gasteiger partial charge is 0.409 e. The van der Waals surface area contributed by atoms with Gasteiger partial charge in [0.2, 0.25) is 5.95 Å². The predicted molar refractivity (Wildman–Crippen MR) is 133 cm³/mol. The van der Waals surface area contributed by atoms with Crippen LogP contribution in [-0.4, -0.2) is 57.8 Å². The Labute approximate surface area is 204 Å². The van der Waals surface area contributed by atoms with Crippen LogP contribution in [0.3, 0.4) is 0 Å². The van der Waals surface area contributed by atoms with Gasteiger partial charge in [0.1, 0.15) is 12.4 Å². The first-order chi connectivity index (χ1) is 17.1. The average Bonchev–Trinajstić information content (AvgIpc) is 3.61. The van der Waals surface area contributed by atoms with Crippen LogP contribution in [-0.2, 0) is 11.3 Å². The fraction of sp³-hybridized carbons (Fsp3) is 0.462. The summed E-state index contributed by atoms with van der Waals surface area (Å²) in [6.45, 7) is 2.74. The van der Waals surface area contributed by atoms with Gasteiger partial charge >= 0.3 is 6.09 Å². The second-order valence-corrected chi connectivity index (χ2v) is 10.4. The molecule has 2 N–H and O–H groups in total. The third-order valence-electron chi connectivity index (χ3n) is 7.33. The molecule has 4 heterocycles. The van der Waals surface area contributed by atoms with E-state index in [1.165, 1.54) is 18.5 Å². The van der Waals surface area contributed by atoms with E-state index in [1.807, 2.05) is 43.4 Å². The fourth-order valence-corrected chi connectivity index (χ4v) is 5.64. The minimum absolute atomic E-state index is 0.0532. The Bertz CT molecular complexity index is 1190. The van der Waals surface area contributed by atoms with Gasteiger partial charge in [-0.15, -0.1) is 0 Å². The zero-order valence-corrected chi connectivity index (χ0v) is 20.0. The second-order valence-electron chi connectivity index (χ2n) is 10.4. The number of nitrogens with one attached hydrogen (secondary N) is 2. The molecule has 9 heteroatoms.